The van der Waals surface area contributed by atoms with Crippen molar-refractivity contribution in [2.45, 2.75) is 32.2 Å². The first-order valence-corrected chi connectivity index (χ1v) is 10.1. The fraction of sp³-hybridized carbons (Fsp3) is 0.250. The van der Waals surface area contributed by atoms with E-state index in [9.17, 15) is 4.39 Å². The summed E-state index contributed by atoms with van der Waals surface area (Å²) in [7, 11) is 0. The van der Waals surface area contributed by atoms with Gasteiger partial charge in [0.15, 0.2) is 0 Å². The van der Waals surface area contributed by atoms with Crippen molar-refractivity contribution in [2.75, 3.05) is 16.5 Å². The highest BCUT2D eigenvalue weighted by Gasteiger charge is 2.18. The molecule has 0 aliphatic carbocycles. The number of benzene rings is 3. The number of ether oxygens (including phenoxy) is 1. The molecule has 1 aliphatic heterocycles. The molecule has 4 nitrogen and oxygen atoms in total. The van der Waals surface area contributed by atoms with Gasteiger partial charge in [0.25, 0.3) is 0 Å². The minimum absolute atomic E-state index is 0.285. The molecule has 2 N–H and O–H groups in total. The van der Waals surface area contributed by atoms with Crippen molar-refractivity contribution in [3.8, 4) is 11.5 Å². The first-order chi connectivity index (χ1) is 14.1. The Morgan fingerprint density at radius 3 is 2.00 bits per heavy atom. The lowest BCUT2D eigenvalue weighted by Gasteiger charge is -2.35. The molecule has 5 heteroatoms. The molecule has 0 spiro atoms. The molecular weight excluding hydrogens is 365 g/mol. The maximum Gasteiger partial charge on any atom is 0.127 e. The molecule has 4 rings (SSSR count). The molecule has 1 atom stereocenters. The van der Waals surface area contributed by atoms with Gasteiger partial charge in [-0.15, -0.1) is 0 Å². The lowest BCUT2D eigenvalue weighted by molar-refractivity contribution is 0.480. The number of hydrogen-bond acceptors (Lipinski definition) is 4. The van der Waals surface area contributed by atoms with Gasteiger partial charge in [-0.1, -0.05) is 0 Å². The Balaban J connectivity index is 1.43. The zero-order chi connectivity index (χ0) is 20.2. The average molecular weight is 391 g/mol. The van der Waals surface area contributed by atoms with Crippen molar-refractivity contribution in [2.24, 2.45) is 5.84 Å². The van der Waals surface area contributed by atoms with Gasteiger partial charge in [0.1, 0.15) is 17.3 Å². The fourth-order valence-corrected chi connectivity index (χ4v) is 3.75. The molecule has 1 fully saturated rings. The van der Waals surface area contributed by atoms with Crippen LogP contribution >= 0.6 is 0 Å². The van der Waals surface area contributed by atoms with E-state index in [1.165, 1.54) is 37.1 Å². The Hall–Kier alpha value is -3.05. The third kappa shape index (κ3) is 4.51. The summed E-state index contributed by atoms with van der Waals surface area (Å²) in [6, 6.07) is 22.4. The lowest BCUT2D eigenvalue weighted by atomic mass is 10.0. The zero-order valence-electron chi connectivity index (χ0n) is 16.6. The van der Waals surface area contributed by atoms with E-state index in [0.717, 1.165) is 17.9 Å². The number of hydrogen-bond donors (Lipinski definition) is 1. The van der Waals surface area contributed by atoms with Crippen LogP contribution in [-0.4, -0.2) is 12.6 Å². The third-order valence-corrected chi connectivity index (χ3v) is 5.43. The number of anilines is 3. The second kappa shape index (κ2) is 8.53. The number of rotatable bonds is 5. The van der Waals surface area contributed by atoms with Crippen molar-refractivity contribution in [3.63, 3.8) is 0 Å². The van der Waals surface area contributed by atoms with E-state index in [1.54, 1.807) is 17.1 Å². The van der Waals surface area contributed by atoms with Crippen LogP contribution in [0.2, 0.25) is 0 Å². The topological polar surface area (TPSA) is 41.7 Å². The molecule has 0 radical (unpaired) electrons. The second-order valence-electron chi connectivity index (χ2n) is 7.47. The normalized spacial score (nSPS) is 16.5. The first kappa shape index (κ1) is 19.3. The molecule has 1 unspecified atom stereocenters. The van der Waals surface area contributed by atoms with E-state index in [1.807, 2.05) is 24.3 Å². The maximum atomic E-state index is 13.0. The SMILES string of the molecule is CC1CCCCN1c1ccc(N(N)c2ccc(Oc3ccc(F)cc3)cc2)cc1. The Morgan fingerprint density at radius 1 is 0.862 bits per heavy atom. The number of nitrogens with two attached hydrogens (primary N) is 1. The highest BCUT2D eigenvalue weighted by atomic mass is 19.1. The summed E-state index contributed by atoms with van der Waals surface area (Å²) in [5.41, 5.74) is 3.03. The Morgan fingerprint density at radius 2 is 1.41 bits per heavy atom. The van der Waals surface area contributed by atoms with E-state index in [-0.39, 0.29) is 5.82 Å². The lowest BCUT2D eigenvalue weighted by Crippen LogP contribution is -2.37. The zero-order valence-corrected chi connectivity index (χ0v) is 16.6. The van der Waals surface area contributed by atoms with Crippen molar-refractivity contribution in [3.05, 3.63) is 78.6 Å². The average Bonchev–Trinajstić information content (AvgIpc) is 2.76. The largest absolute Gasteiger partial charge is 0.457 e. The quantitative estimate of drug-likeness (QED) is 0.427. The summed E-state index contributed by atoms with van der Waals surface area (Å²) in [6.45, 7) is 3.40. The van der Waals surface area contributed by atoms with Gasteiger partial charge in [-0.05, 0) is 99.0 Å². The minimum Gasteiger partial charge on any atom is -0.457 e. The number of halogens is 1. The van der Waals surface area contributed by atoms with Crippen LogP contribution in [0, 0.1) is 5.82 Å². The highest BCUT2D eigenvalue weighted by molar-refractivity contribution is 5.65. The van der Waals surface area contributed by atoms with Crippen molar-refractivity contribution >= 4 is 17.1 Å². The Kier molecular flexibility index (Phi) is 5.67. The predicted octanol–water partition coefficient (Wildman–Crippen LogP) is 6.01. The summed E-state index contributed by atoms with van der Waals surface area (Å²) in [5.74, 6) is 7.30. The molecular formula is C24H26FN3O. The van der Waals surface area contributed by atoms with Crippen molar-refractivity contribution < 1.29 is 9.13 Å². The van der Waals surface area contributed by atoms with Gasteiger partial charge in [0.2, 0.25) is 0 Å². The Labute approximate surface area is 171 Å². The molecule has 3 aromatic carbocycles. The number of piperidine rings is 1. The van der Waals surface area contributed by atoms with Crippen LogP contribution in [-0.2, 0) is 0 Å². The molecule has 150 valence electrons. The molecule has 3 aromatic rings. The molecule has 1 heterocycles. The van der Waals surface area contributed by atoms with Crippen LogP contribution in [0.15, 0.2) is 72.8 Å². The predicted molar refractivity (Wildman–Crippen MR) is 116 cm³/mol. The van der Waals surface area contributed by atoms with Crippen LogP contribution in [0.5, 0.6) is 11.5 Å². The van der Waals surface area contributed by atoms with Gasteiger partial charge in [0.05, 0.1) is 11.4 Å². The molecule has 0 amide bonds. The second-order valence-corrected chi connectivity index (χ2v) is 7.47. The summed E-state index contributed by atoms with van der Waals surface area (Å²) in [5, 5.41) is 1.66. The van der Waals surface area contributed by atoms with Crippen LogP contribution in [0.4, 0.5) is 21.5 Å². The van der Waals surface area contributed by atoms with Crippen LogP contribution < -0.4 is 20.5 Å². The summed E-state index contributed by atoms with van der Waals surface area (Å²) < 4.78 is 18.7. The van der Waals surface area contributed by atoms with Crippen molar-refractivity contribution in [1.82, 2.24) is 0 Å². The smallest absolute Gasteiger partial charge is 0.127 e. The van der Waals surface area contributed by atoms with E-state index in [2.05, 4.69) is 36.1 Å². The van der Waals surface area contributed by atoms with Crippen molar-refractivity contribution in [1.29, 1.82) is 0 Å². The van der Waals surface area contributed by atoms with Gasteiger partial charge >= 0.3 is 0 Å². The summed E-state index contributed by atoms with van der Waals surface area (Å²) in [6.07, 6.45) is 3.81. The fourth-order valence-electron chi connectivity index (χ4n) is 3.75. The van der Waals surface area contributed by atoms with Crippen LogP contribution in [0.25, 0.3) is 0 Å². The first-order valence-electron chi connectivity index (χ1n) is 10.1. The van der Waals surface area contributed by atoms with Crippen LogP contribution in [0.1, 0.15) is 26.2 Å². The van der Waals surface area contributed by atoms with E-state index in [4.69, 9.17) is 10.6 Å². The van der Waals surface area contributed by atoms with E-state index in [0.29, 0.717) is 17.5 Å². The molecule has 29 heavy (non-hydrogen) atoms. The van der Waals surface area contributed by atoms with Crippen LogP contribution in [0.3, 0.4) is 0 Å². The van der Waals surface area contributed by atoms with Gasteiger partial charge in [0, 0.05) is 18.3 Å². The van der Waals surface area contributed by atoms with Gasteiger partial charge in [-0.3, -0.25) is 5.01 Å². The van der Waals surface area contributed by atoms with E-state index < -0.39 is 0 Å². The van der Waals surface area contributed by atoms with E-state index >= 15 is 0 Å². The molecule has 0 aromatic heterocycles. The maximum absolute atomic E-state index is 13.0. The molecule has 0 bridgehead atoms. The summed E-state index contributed by atoms with van der Waals surface area (Å²) in [4.78, 5) is 2.47. The Bertz CT molecular complexity index is 926. The van der Waals surface area contributed by atoms with Gasteiger partial charge in [-0.2, -0.15) is 0 Å². The monoisotopic (exact) mass is 391 g/mol. The minimum atomic E-state index is -0.285. The standard InChI is InChI=1S/C24H26FN3O/c1-18-4-2-3-17-27(18)20-7-9-21(10-8-20)28(26)22-11-15-24(16-12-22)29-23-13-5-19(25)6-14-23/h5-16,18H,2-4,17,26H2,1H3. The molecule has 1 aliphatic rings. The molecule has 0 saturated carbocycles. The van der Waals surface area contributed by atoms with Gasteiger partial charge in [-0.25, -0.2) is 10.2 Å². The van der Waals surface area contributed by atoms with Gasteiger partial charge < -0.3 is 9.64 Å². The summed E-state index contributed by atoms with van der Waals surface area (Å²) >= 11 is 0. The third-order valence-electron chi connectivity index (χ3n) is 5.43. The number of hydrazine groups is 1. The molecule has 1 saturated heterocycles. The highest BCUT2D eigenvalue weighted by Crippen LogP contribution is 2.30. The number of nitrogens with zero attached hydrogens (tertiary/aromatic N) is 2.